The molecule has 3 aromatic rings. The molecule has 1 aliphatic rings. The lowest BCUT2D eigenvalue weighted by molar-refractivity contribution is -0.119. The summed E-state index contributed by atoms with van der Waals surface area (Å²) in [5, 5.41) is 0.410. The lowest BCUT2D eigenvalue weighted by Gasteiger charge is -2.27. The van der Waals surface area contributed by atoms with Crippen molar-refractivity contribution in [1.82, 2.24) is 4.31 Å². The van der Waals surface area contributed by atoms with E-state index in [9.17, 15) is 17.6 Å². The number of rotatable bonds is 6. The van der Waals surface area contributed by atoms with Crippen LogP contribution < -0.4 is 4.90 Å². The highest BCUT2D eigenvalue weighted by atomic mass is 35.5. The number of halogens is 2. The van der Waals surface area contributed by atoms with E-state index in [0.717, 1.165) is 15.6 Å². The van der Waals surface area contributed by atoms with Crippen molar-refractivity contribution in [3.05, 3.63) is 94.8 Å². The number of sulfonamides is 1. The molecule has 0 spiro atoms. The maximum atomic E-state index is 13.4. The Labute approximate surface area is 192 Å². The van der Waals surface area contributed by atoms with E-state index in [1.165, 1.54) is 48.5 Å². The SMILES string of the molecule is CC1Cc2ccccc2N1C(=O)CN(Cc1ccc(F)cc1)S(=O)(=O)c1ccc(Cl)cc1. The molecule has 1 aliphatic heterocycles. The van der Waals surface area contributed by atoms with Gasteiger partial charge in [0.05, 0.1) is 11.4 Å². The molecular formula is C24H22ClFN2O3S. The second-order valence-corrected chi connectivity index (χ2v) is 10.2. The highest BCUT2D eigenvalue weighted by Crippen LogP contribution is 2.32. The third-order valence-electron chi connectivity index (χ3n) is 5.51. The van der Waals surface area contributed by atoms with Gasteiger partial charge in [0.1, 0.15) is 5.82 Å². The fraction of sp³-hybridized carbons (Fsp3) is 0.208. The summed E-state index contributed by atoms with van der Waals surface area (Å²) in [7, 11) is -4.01. The first kappa shape index (κ1) is 22.5. The van der Waals surface area contributed by atoms with Crippen LogP contribution in [-0.4, -0.2) is 31.2 Å². The lowest BCUT2D eigenvalue weighted by Crippen LogP contribution is -2.44. The number of carbonyl (C=O) groups excluding carboxylic acids is 1. The zero-order valence-electron chi connectivity index (χ0n) is 17.4. The first-order chi connectivity index (χ1) is 15.3. The zero-order valence-corrected chi connectivity index (χ0v) is 19.0. The molecule has 0 fully saturated rings. The molecule has 1 amide bonds. The van der Waals surface area contributed by atoms with Crippen molar-refractivity contribution in [2.24, 2.45) is 0 Å². The molecule has 4 rings (SSSR count). The molecule has 166 valence electrons. The summed E-state index contributed by atoms with van der Waals surface area (Å²) >= 11 is 5.92. The van der Waals surface area contributed by atoms with Crippen LogP contribution in [0.1, 0.15) is 18.1 Å². The smallest absolute Gasteiger partial charge is 0.243 e. The molecule has 0 bridgehead atoms. The summed E-state index contributed by atoms with van der Waals surface area (Å²) in [5.74, 6) is -0.735. The second-order valence-electron chi connectivity index (χ2n) is 7.80. The van der Waals surface area contributed by atoms with Crippen molar-refractivity contribution in [2.75, 3.05) is 11.4 Å². The predicted molar refractivity (Wildman–Crippen MR) is 123 cm³/mol. The van der Waals surface area contributed by atoms with Gasteiger partial charge in [0, 0.05) is 23.3 Å². The molecule has 3 aromatic carbocycles. The van der Waals surface area contributed by atoms with Gasteiger partial charge in [0.2, 0.25) is 15.9 Å². The predicted octanol–water partition coefficient (Wildman–Crippen LogP) is 4.65. The lowest BCUT2D eigenvalue weighted by atomic mass is 10.1. The summed E-state index contributed by atoms with van der Waals surface area (Å²) in [6.45, 7) is 1.53. The average Bonchev–Trinajstić information content (AvgIpc) is 3.10. The monoisotopic (exact) mass is 472 g/mol. The van der Waals surface area contributed by atoms with Gasteiger partial charge in [-0.15, -0.1) is 0 Å². The zero-order chi connectivity index (χ0) is 22.9. The van der Waals surface area contributed by atoms with Gasteiger partial charge in [-0.1, -0.05) is 41.9 Å². The quantitative estimate of drug-likeness (QED) is 0.524. The number of nitrogens with zero attached hydrogens (tertiary/aromatic N) is 2. The van der Waals surface area contributed by atoms with E-state index in [1.54, 1.807) is 4.90 Å². The Bertz CT molecular complexity index is 1230. The third kappa shape index (κ3) is 4.55. The van der Waals surface area contributed by atoms with Crippen LogP contribution in [0.15, 0.2) is 77.7 Å². The van der Waals surface area contributed by atoms with E-state index < -0.39 is 15.8 Å². The minimum Gasteiger partial charge on any atom is -0.308 e. The summed E-state index contributed by atoms with van der Waals surface area (Å²) in [5.41, 5.74) is 2.43. The van der Waals surface area contributed by atoms with E-state index in [-0.39, 0.29) is 29.9 Å². The summed E-state index contributed by atoms with van der Waals surface area (Å²) < 4.78 is 41.3. The maximum absolute atomic E-state index is 13.4. The largest absolute Gasteiger partial charge is 0.308 e. The first-order valence-electron chi connectivity index (χ1n) is 10.2. The van der Waals surface area contributed by atoms with Crippen LogP contribution in [0.2, 0.25) is 5.02 Å². The number of hydrogen-bond donors (Lipinski definition) is 0. The van der Waals surface area contributed by atoms with Gasteiger partial charge < -0.3 is 4.90 Å². The van der Waals surface area contributed by atoms with Crippen molar-refractivity contribution in [1.29, 1.82) is 0 Å². The van der Waals surface area contributed by atoms with Crippen LogP contribution in [0.5, 0.6) is 0 Å². The molecule has 32 heavy (non-hydrogen) atoms. The van der Waals surface area contributed by atoms with Gasteiger partial charge in [0.25, 0.3) is 0 Å². The highest BCUT2D eigenvalue weighted by Gasteiger charge is 2.34. The molecule has 0 radical (unpaired) electrons. The Morgan fingerprint density at radius 2 is 1.72 bits per heavy atom. The summed E-state index contributed by atoms with van der Waals surface area (Å²) in [6.07, 6.45) is 0.712. The number of para-hydroxylation sites is 1. The fourth-order valence-corrected chi connectivity index (χ4v) is 5.45. The maximum Gasteiger partial charge on any atom is 0.243 e. The van der Waals surface area contributed by atoms with Crippen LogP contribution in [0.4, 0.5) is 10.1 Å². The van der Waals surface area contributed by atoms with Gasteiger partial charge in [-0.05, 0) is 66.9 Å². The Balaban J connectivity index is 1.67. The molecule has 1 atom stereocenters. The number of hydrogen-bond acceptors (Lipinski definition) is 3. The number of benzene rings is 3. The van der Waals surface area contributed by atoms with E-state index in [4.69, 9.17) is 11.6 Å². The number of anilines is 1. The minimum absolute atomic E-state index is 0.0340. The molecule has 0 aliphatic carbocycles. The molecule has 0 aromatic heterocycles. The number of carbonyl (C=O) groups is 1. The van der Waals surface area contributed by atoms with Gasteiger partial charge >= 0.3 is 0 Å². The third-order valence-corrected chi connectivity index (χ3v) is 7.57. The Morgan fingerprint density at radius 3 is 2.41 bits per heavy atom. The van der Waals surface area contributed by atoms with Crippen molar-refractivity contribution in [3.8, 4) is 0 Å². The van der Waals surface area contributed by atoms with Gasteiger partial charge in [-0.3, -0.25) is 4.79 Å². The van der Waals surface area contributed by atoms with Crippen molar-refractivity contribution in [2.45, 2.75) is 30.8 Å². The molecular weight excluding hydrogens is 451 g/mol. The molecule has 8 heteroatoms. The standard InChI is InChI=1S/C24H22ClFN2O3S/c1-17-14-19-4-2-3-5-23(19)28(17)24(29)16-27(15-18-6-10-21(26)11-7-18)32(30,31)22-12-8-20(25)9-13-22/h2-13,17H,14-16H2,1H3. The Morgan fingerprint density at radius 1 is 1.06 bits per heavy atom. The molecule has 0 saturated heterocycles. The first-order valence-corrected chi connectivity index (χ1v) is 12.0. The van der Waals surface area contributed by atoms with Gasteiger partial charge in [0.15, 0.2) is 0 Å². The van der Waals surface area contributed by atoms with Crippen molar-refractivity contribution >= 4 is 33.2 Å². The van der Waals surface area contributed by atoms with Crippen LogP contribution in [-0.2, 0) is 27.8 Å². The summed E-state index contributed by atoms with van der Waals surface area (Å²) in [6, 6.07) is 18.9. The number of fused-ring (bicyclic) bond motifs is 1. The number of amides is 1. The Hall–Kier alpha value is -2.74. The van der Waals surface area contributed by atoms with E-state index in [2.05, 4.69) is 0 Å². The molecule has 0 saturated carbocycles. The van der Waals surface area contributed by atoms with Crippen molar-refractivity contribution < 1.29 is 17.6 Å². The molecule has 1 unspecified atom stereocenters. The van der Waals surface area contributed by atoms with E-state index >= 15 is 0 Å². The van der Waals surface area contributed by atoms with E-state index in [1.807, 2.05) is 31.2 Å². The average molecular weight is 473 g/mol. The molecule has 1 heterocycles. The van der Waals surface area contributed by atoms with Gasteiger partial charge in [-0.2, -0.15) is 4.31 Å². The molecule has 5 nitrogen and oxygen atoms in total. The molecule has 0 N–H and O–H groups in total. The Kier molecular flexibility index (Phi) is 6.33. The van der Waals surface area contributed by atoms with Crippen LogP contribution in [0, 0.1) is 5.82 Å². The van der Waals surface area contributed by atoms with E-state index in [0.29, 0.717) is 17.0 Å². The van der Waals surface area contributed by atoms with Crippen LogP contribution >= 0.6 is 11.6 Å². The van der Waals surface area contributed by atoms with Crippen molar-refractivity contribution in [3.63, 3.8) is 0 Å². The summed E-state index contributed by atoms with van der Waals surface area (Å²) in [4.78, 5) is 15.0. The minimum atomic E-state index is -4.01. The van der Waals surface area contributed by atoms with Crippen LogP contribution in [0.3, 0.4) is 0 Å². The fourth-order valence-electron chi connectivity index (χ4n) is 3.95. The van der Waals surface area contributed by atoms with Gasteiger partial charge in [-0.25, -0.2) is 12.8 Å². The highest BCUT2D eigenvalue weighted by molar-refractivity contribution is 7.89. The second kappa shape index (κ2) is 9.02. The normalized spacial score (nSPS) is 15.8. The van der Waals surface area contributed by atoms with Crippen LogP contribution in [0.25, 0.3) is 0 Å². The topological polar surface area (TPSA) is 57.7 Å².